The van der Waals surface area contributed by atoms with Gasteiger partial charge in [0.15, 0.2) is 12.2 Å². The van der Waals surface area contributed by atoms with Gasteiger partial charge in [-0.2, -0.15) is 8.42 Å². The molecule has 1 aromatic heterocycles. The smallest absolute Gasteiger partial charge is 0.307 e. The Balaban J connectivity index is 1.91. The van der Waals surface area contributed by atoms with E-state index in [1.807, 2.05) is 0 Å². The van der Waals surface area contributed by atoms with Crippen LogP contribution in [0.25, 0.3) is 11.3 Å². The Hall–Kier alpha value is -2.22. The van der Waals surface area contributed by atoms with Crippen molar-refractivity contribution in [3.8, 4) is 11.3 Å². The number of carbonyl (C=O) groups excluding carboxylic acids is 1. The summed E-state index contributed by atoms with van der Waals surface area (Å²) in [6, 6.07) is 6.81. The quantitative estimate of drug-likeness (QED) is 0.807. The number of rotatable bonds is 3. The molecule has 1 amide bonds. The number of hydrogen-bond donors (Lipinski definition) is 0. The van der Waals surface area contributed by atoms with Crippen molar-refractivity contribution in [3.63, 3.8) is 0 Å². The maximum atomic E-state index is 13.0. The van der Waals surface area contributed by atoms with Crippen molar-refractivity contribution in [1.29, 1.82) is 0 Å². The van der Waals surface area contributed by atoms with Crippen LogP contribution in [0.4, 0.5) is 9.57 Å². The Bertz CT molecular complexity index is 773. The summed E-state index contributed by atoms with van der Waals surface area (Å²) in [6.07, 6.45) is 2.47. The summed E-state index contributed by atoms with van der Waals surface area (Å²) in [5, 5.41) is -1.31. The lowest BCUT2D eigenvalue weighted by molar-refractivity contribution is -0.117. The van der Waals surface area contributed by atoms with E-state index in [-0.39, 0.29) is 13.0 Å². The number of anilines is 1. The van der Waals surface area contributed by atoms with Crippen molar-refractivity contribution in [1.82, 2.24) is 4.98 Å². The first-order valence-electron chi connectivity index (χ1n) is 6.18. The van der Waals surface area contributed by atoms with E-state index in [9.17, 15) is 17.1 Å². The van der Waals surface area contributed by atoms with Crippen LogP contribution in [0.2, 0.25) is 0 Å². The van der Waals surface area contributed by atoms with E-state index in [0.29, 0.717) is 17.0 Å². The normalized spacial score (nSPS) is 19.2. The number of oxazole rings is 1. The number of aromatic nitrogens is 1. The predicted molar refractivity (Wildman–Crippen MR) is 72.7 cm³/mol. The lowest BCUT2D eigenvalue weighted by atomic mass is 10.1. The zero-order valence-corrected chi connectivity index (χ0v) is 11.6. The minimum atomic E-state index is -4.72. The Kier molecular flexibility index (Phi) is 3.25. The first-order chi connectivity index (χ1) is 9.95. The molecule has 0 bridgehead atoms. The Morgan fingerprint density at radius 2 is 2.19 bits per heavy atom. The molecule has 6 nitrogen and oxygen atoms in total. The number of halogens is 1. The molecule has 1 aliphatic heterocycles. The maximum Gasteiger partial charge on any atom is 0.307 e. The Labute approximate surface area is 120 Å². The molecule has 0 radical (unpaired) electrons. The van der Waals surface area contributed by atoms with Crippen molar-refractivity contribution < 1.29 is 21.5 Å². The van der Waals surface area contributed by atoms with E-state index in [1.54, 1.807) is 24.3 Å². The maximum absolute atomic E-state index is 13.0. The second-order valence-corrected chi connectivity index (χ2v) is 6.34. The van der Waals surface area contributed by atoms with Gasteiger partial charge in [0.1, 0.15) is 5.25 Å². The fourth-order valence-electron chi connectivity index (χ4n) is 2.30. The molecule has 3 rings (SSSR count). The van der Waals surface area contributed by atoms with Gasteiger partial charge in [-0.15, -0.1) is 3.89 Å². The van der Waals surface area contributed by atoms with Crippen molar-refractivity contribution in [2.45, 2.75) is 11.7 Å². The minimum absolute atomic E-state index is 0.183. The minimum Gasteiger partial charge on any atom is -0.444 e. The van der Waals surface area contributed by atoms with E-state index in [1.165, 1.54) is 17.5 Å². The van der Waals surface area contributed by atoms with Gasteiger partial charge in [0, 0.05) is 24.2 Å². The highest BCUT2D eigenvalue weighted by atomic mass is 32.3. The second kappa shape index (κ2) is 4.96. The largest absolute Gasteiger partial charge is 0.444 e. The predicted octanol–water partition coefficient (Wildman–Crippen LogP) is 1.75. The molecule has 1 unspecified atom stereocenters. The fourth-order valence-corrected chi connectivity index (χ4v) is 2.97. The Morgan fingerprint density at radius 3 is 2.81 bits per heavy atom. The van der Waals surface area contributed by atoms with Crippen LogP contribution in [0.5, 0.6) is 0 Å². The van der Waals surface area contributed by atoms with Gasteiger partial charge in [-0.05, 0) is 12.1 Å². The number of amides is 1. The SMILES string of the molecule is O=C1CC(S(=O)(=O)F)CN1c1cccc(-c2cnco2)c1. The summed E-state index contributed by atoms with van der Waals surface area (Å²) in [4.78, 5) is 17.0. The summed E-state index contributed by atoms with van der Waals surface area (Å²) in [7, 11) is -4.72. The molecule has 1 saturated heterocycles. The van der Waals surface area contributed by atoms with Gasteiger partial charge in [0.2, 0.25) is 5.91 Å². The highest BCUT2D eigenvalue weighted by molar-refractivity contribution is 7.87. The molecule has 0 N–H and O–H groups in total. The summed E-state index contributed by atoms with van der Waals surface area (Å²) in [5.74, 6) is 0.106. The van der Waals surface area contributed by atoms with Crippen LogP contribution < -0.4 is 4.90 Å². The summed E-state index contributed by atoms with van der Waals surface area (Å²) >= 11 is 0. The molecule has 110 valence electrons. The standard InChI is InChI=1S/C13H11FN2O4S/c14-21(18,19)11-5-13(17)16(7-11)10-3-1-2-9(4-10)12-6-15-8-20-12/h1-4,6,8,11H,5,7H2. The van der Waals surface area contributed by atoms with Gasteiger partial charge in [0.05, 0.1) is 6.20 Å². The summed E-state index contributed by atoms with van der Waals surface area (Å²) < 4.78 is 40.1. The summed E-state index contributed by atoms with van der Waals surface area (Å²) in [5.41, 5.74) is 1.20. The fraction of sp³-hybridized carbons (Fsp3) is 0.231. The highest BCUT2D eigenvalue weighted by Crippen LogP contribution is 2.29. The zero-order chi connectivity index (χ0) is 15.0. The molecule has 21 heavy (non-hydrogen) atoms. The zero-order valence-electron chi connectivity index (χ0n) is 10.8. The first kappa shape index (κ1) is 13.7. The molecule has 0 spiro atoms. The van der Waals surface area contributed by atoms with Crippen molar-refractivity contribution >= 4 is 21.8 Å². The third kappa shape index (κ3) is 2.66. The van der Waals surface area contributed by atoms with Crippen LogP contribution in [0.3, 0.4) is 0 Å². The van der Waals surface area contributed by atoms with Crippen molar-refractivity contribution in [2.24, 2.45) is 0 Å². The first-order valence-corrected chi connectivity index (χ1v) is 7.62. The third-order valence-corrected chi connectivity index (χ3v) is 4.47. The topological polar surface area (TPSA) is 80.5 Å². The van der Waals surface area contributed by atoms with Crippen molar-refractivity contribution in [3.05, 3.63) is 36.9 Å². The van der Waals surface area contributed by atoms with Gasteiger partial charge in [-0.1, -0.05) is 12.1 Å². The van der Waals surface area contributed by atoms with Crippen molar-refractivity contribution in [2.75, 3.05) is 11.4 Å². The van der Waals surface area contributed by atoms with Gasteiger partial charge in [0.25, 0.3) is 0 Å². The van der Waals surface area contributed by atoms with Gasteiger partial charge in [-0.25, -0.2) is 4.98 Å². The molecule has 0 saturated carbocycles. The highest BCUT2D eigenvalue weighted by Gasteiger charge is 2.39. The average molecular weight is 310 g/mol. The van der Waals surface area contributed by atoms with Crippen LogP contribution in [-0.4, -0.2) is 31.1 Å². The molecule has 1 aromatic carbocycles. The number of hydrogen-bond acceptors (Lipinski definition) is 5. The van der Waals surface area contributed by atoms with Crippen LogP contribution in [0, 0.1) is 0 Å². The van der Waals surface area contributed by atoms with Crippen LogP contribution in [-0.2, 0) is 15.0 Å². The molecule has 2 heterocycles. The lowest BCUT2D eigenvalue weighted by Gasteiger charge is -2.16. The molecule has 1 aliphatic rings. The van der Waals surface area contributed by atoms with Crippen LogP contribution in [0.1, 0.15) is 6.42 Å². The van der Waals surface area contributed by atoms with E-state index >= 15 is 0 Å². The molecular formula is C13H11FN2O4S. The number of benzene rings is 1. The van der Waals surface area contributed by atoms with Crippen LogP contribution >= 0.6 is 0 Å². The van der Waals surface area contributed by atoms with Crippen LogP contribution in [0.15, 0.2) is 41.3 Å². The molecule has 8 heteroatoms. The third-order valence-electron chi connectivity index (χ3n) is 3.36. The molecule has 1 atom stereocenters. The summed E-state index contributed by atoms with van der Waals surface area (Å²) in [6.45, 7) is -0.183. The van der Waals surface area contributed by atoms with Gasteiger partial charge in [-0.3, -0.25) is 4.79 Å². The second-order valence-electron chi connectivity index (χ2n) is 4.72. The van der Waals surface area contributed by atoms with Gasteiger partial charge < -0.3 is 9.32 Å². The van der Waals surface area contributed by atoms with Gasteiger partial charge >= 0.3 is 10.2 Å². The average Bonchev–Trinajstić information content (AvgIpc) is 3.07. The number of nitrogens with zero attached hydrogens (tertiary/aromatic N) is 2. The van der Waals surface area contributed by atoms with E-state index < -0.39 is 21.4 Å². The van der Waals surface area contributed by atoms with E-state index in [0.717, 1.165) is 0 Å². The Morgan fingerprint density at radius 1 is 1.38 bits per heavy atom. The van der Waals surface area contributed by atoms with E-state index in [2.05, 4.69) is 4.98 Å². The molecular weight excluding hydrogens is 299 g/mol. The number of carbonyl (C=O) groups is 1. The van der Waals surface area contributed by atoms with E-state index in [4.69, 9.17) is 4.42 Å². The monoisotopic (exact) mass is 310 g/mol. The molecule has 0 aliphatic carbocycles. The molecule has 1 fully saturated rings. The molecule has 2 aromatic rings. The lowest BCUT2D eigenvalue weighted by Crippen LogP contribution is -2.26.